The number of hydrogen-bond donors (Lipinski definition) is 1. The minimum Gasteiger partial charge on any atom is -0.387 e. The van der Waals surface area contributed by atoms with Crippen LogP contribution in [0.5, 0.6) is 0 Å². The van der Waals surface area contributed by atoms with E-state index in [0.717, 1.165) is 18.5 Å². The van der Waals surface area contributed by atoms with Gasteiger partial charge in [-0.15, -0.1) is 0 Å². The fourth-order valence-electron chi connectivity index (χ4n) is 2.07. The first-order chi connectivity index (χ1) is 7.65. The van der Waals surface area contributed by atoms with Crippen molar-refractivity contribution in [3.8, 4) is 0 Å². The van der Waals surface area contributed by atoms with Gasteiger partial charge in [-0.2, -0.15) is 0 Å². The van der Waals surface area contributed by atoms with Crippen LogP contribution in [-0.4, -0.2) is 5.84 Å². The highest BCUT2D eigenvalue weighted by molar-refractivity contribution is 6.35. The number of rotatable bonds is 2. The van der Waals surface area contributed by atoms with Crippen LogP contribution >= 0.6 is 23.2 Å². The molecule has 2 N–H and O–H groups in total. The molecule has 1 saturated carbocycles. The van der Waals surface area contributed by atoms with Crippen molar-refractivity contribution in [1.29, 1.82) is 0 Å². The maximum Gasteiger partial charge on any atom is 0.103 e. The van der Waals surface area contributed by atoms with Gasteiger partial charge in [-0.1, -0.05) is 36.0 Å². The minimum atomic E-state index is 0.428. The summed E-state index contributed by atoms with van der Waals surface area (Å²) in [6, 6.07) is 5.23. The van der Waals surface area contributed by atoms with Crippen molar-refractivity contribution in [3.05, 3.63) is 28.2 Å². The molecule has 0 aromatic heterocycles. The first-order valence-corrected chi connectivity index (χ1v) is 6.21. The number of nitrogens with two attached hydrogens (primary N) is 1. The van der Waals surface area contributed by atoms with E-state index in [2.05, 4.69) is 4.99 Å². The fourth-order valence-corrected chi connectivity index (χ4v) is 2.58. The lowest BCUT2D eigenvalue weighted by molar-refractivity contribution is 0.722. The predicted molar refractivity (Wildman–Crippen MR) is 69.7 cm³/mol. The summed E-state index contributed by atoms with van der Waals surface area (Å²) in [5, 5.41) is 1.18. The monoisotopic (exact) mass is 256 g/mol. The van der Waals surface area contributed by atoms with Crippen LogP contribution in [0.25, 0.3) is 0 Å². The number of nitrogens with zero attached hydrogens (tertiary/aromatic N) is 1. The van der Waals surface area contributed by atoms with Crippen LogP contribution < -0.4 is 5.73 Å². The summed E-state index contributed by atoms with van der Waals surface area (Å²) in [6.07, 6.45) is 4.78. The van der Waals surface area contributed by atoms with Gasteiger partial charge in [0.05, 0.1) is 5.69 Å². The van der Waals surface area contributed by atoms with Gasteiger partial charge >= 0.3 is 0 Å². The lowest BCUT2D eigenvalue weighted by atomic mass is 10.1. The number of amidine groups is 1. The largest absolute Gasteiger partial charge is 0.387 e. The lowest BCUT2D eigenvalue weighted by Gasteiger charge is -2.08. The second kappa shape index (κ2) is 5.07. The highest BCUT2D eigenvalue weighted by atomic mass is 35.5. The molecule has 0 aliphatic heterocycles. The quantitative estimate of drug-likeness (QED) is 0.626. The van der Waals surface area contributed by atoms with Gasteiger partial charge < -0.3 is 5.73 Å². The van der Waals surface area contributed by atoms with Crippen LogP contribution in [-0.2, 0) is 0 Å². The Morgan fingerprint density at radius 2 is 1.69 bits per heavy atom. The van der Waals surface area contributed by atoms with E-state index < -0.39 is 0 Å². The Morgan fingerprint density at radius 1 is 1.12 bits per heavy atom. The second-order valence-corrected chi connectivity index (χ2v) is 5.02. The Labute approximate surface area is 105 Å². The molecule has 1 aliphatic rings. The zero-order valence-electron chi connectivity index (χ0n) is 8.92. The lowest BCUT2D eigenvalue weighted by Crippen LogP contribution is -2.20. The van der Waals surface area contributed by atoms with E-state index in [1.54, 1.807) is 18.2 Å². The van der Waals surface area contributed by atoms with Gasteiger partial charge in [-0.05, 0) is 31.0 Å². The summed E-state index contributed by atoms with van der Waals surface area (Å²) in [6.45, 7) is 0. The van der Waals surface area contributed by atoms with E-state index in [0.29, 0.717) is 21.8 Å². The van der Waals surface area contributed by atoms with E-state index in [-0.39, 0.29) is 0 Å². The molecule has 1 aromatic rings. The number of aliphatic imine (C=N–C) groups is 1. The number of hydrogen-bond acceptors (Lipinski definition) is 1. The average Bonchev–Trinajstić information content (AvgIpc) is 2.68. The average molecular weight is 257 g/mol. The Kier molecular flexibility index (Phi) is 3.72. The SMILES string of the molecule is NC(=Nc1cc(Cl)cc(Cl)c1)C1CCCC1. The van der Waals surface area contributed by atoms with E-state index in [9.17, 15) is 0 Å². The van der Waals surface area contributed by atoms with Gasteiger partial charge in [-0.25, -0.2) is 4.99 Å². The van der Waals surface area contributed by atoms with Crippen molar-refractivity contribution >= 4 is 34.7 Å². The standard InChI is InChI=1S/C12H14Cl2N2/c13-9-5-10(14)7-11(6-9)16-12(15)8-3-1-2-4-8/h5-8H,1-4H2,(H2,15,16). The van der Waals surface area contributed by atoms with Crippen LogP contribution in [0.15, 0.2) is 23.2 Å². The predicted octanol–water partition coefficient (Wildman–Crippen LogP) is 4.17. The first-order valence-electron chi connectivity index (χ1n) is 5.45. The van der Waals surface area contributed by atoms with Crippen LogP contribution in [0, 0.1) is 5.92 Å². The molecular weight excluding hydrogens is 243 g/mol. The van der Waals surface area contributed by atoms with Crippen molar-refractivity contribution in [1.82, 2.24) is 0 Å². The van der Waals surface area contributed by atoms with Gasteiger partial charge in [0, 0.05) is 16.0 Å². The molecule has 0 spiro atoms. The van der Waals surface area contributed by atoms with Crippen molar-refractivity contribution in [2.24, 2.45) is 16.6 Å². The van der Waals surface area contributed by atoms with Crippen LogP contribution in [0.1, 0.15) is 25.7 Å². The molecule has 0 unspecified atom stereocenters. The normalized spacial score (nSPS) is 18.0. The van der Waals surface area contributed by atoms with Gasteiger partial charge in [-0.3, -0.25) is 0 Å². The summed E-state index contributed by atoms with van der Waals surface area (Å²) in [5.41, 5.74) is 6.71. The highest BCUT2D eigenvalue weighted by Gasteiger charge is 2.18. The zero-order chi connectivity index (χ0) is 11.5. The first kappa shape index (κ1) is 11.7. The van der Waals surface area contributed by atoms with E-state index >= 15 is 0 Å². The zero-order valence-corrected chi connectivity index (χ0v) is 10.4. The van der Waals surface area contributed by atoms with Crippen molar-refractivity contribution in [2.75, 3.05) is 0 Å². The van der Waals surface area contributed by atoms with Gasteiger partial charge in [0.1, 0.15) is 5.84 Å². The third-order valence-electron chi connectivity index (χ3n) is 2.88. The fraction of sp³-hybridized carbons (Fsp3) is 0.417. The summed E-state index contributed by atoms with van der Waals surface area (Å²) < 4.78 is 0. The van der Waals surface area contributed by atoms with Gasteiger partial charge in [0.2, 0.25) is 0 Å². The molecule has 2 nitrogen and oxygen atoms in total. The Bertz CT molecular complexity index is 389. The molecule has 1 aromatic carbocycles. The van der Waals surface area contributed by atoms with Crippen LogP contribution in [0.3, 0.4) is 0 Å². The van der Waals surface area contributed by atoms with Crippen molar-refractivity contribution in [3.63, 3.8) is 0 Å². The molecule has 0 amide bonds. The van der Waals surface area contributed by atoms with Crippen molar-refractivity contribution < 1.29 is 0 Å². The third-order valence-corrected chi connectivity index (χ3v) is 3.32. The molecule has 2 rings (SSSR count). The Morgan fingerprint density at radius 3 is 2.25 bits per heavy atom. The Hall–Kier alpha value is -0.730. The molecule has 0 bridgehead atoms. The summed E-state index contributed by atoms with van der Waals surface area (Å²) in [5.74, 6) is 1.13. The third kappa shape index (κ3) is 2.89. The molecule has 4 heteroatoms. The van der Waals surface area contributed by atoms with Gasteiger partial charge in [0.25, 0.3) is 0 Å². The molecule has 86 valence electrons. The summed E-state index contributed by atoms with van der Waals surface area (Å²) in [7, 11) is 0. The second-order valence-electron chi connectivity index (χ2n) is 4.15. The molecule has 0 atom stereocenters. The van der Waals surface area contributed by atoms with Crippen molar-refractivity contribution in [2.45, 2.75) is 25.7 Å². The summed E-state index contributed by atoms with van der Waals surface area (Å²) >= 11 is 11.8. The minimum absolute atomic E-state index is 0.428. The molecular formula is C12H14Cl2N2. The topological polar surface area (TPSA) is 38.4 Å². The summed E-state index contributed by atoms with van der Waals surface area (Å²) in [4.78, 5) is 4.39. The Balaban J connectivity index is 2.20. The highest BCUT2D eigenvalue weighted by Crippen LogP contribution is 2.28. The van der Waals surface area contributed by atoms with Gasteiger partial charge in [0.15, 0.2) is 0 Å². The number of halogens is 2. The maximum absolute atomic E-state index is 5.97. The molecule has 1 fully saturated rings. The smallest absolute Gasteiger partial charge is 0.103 e. The van der Waals surface area contributed by atoms with Crippen LogP contribution in [0.4, 0.5) is 5.69 Å². The van der Waals surface area contributed by atoms with E-state index in [1.165, 1.54) is 12.8 Å². The van der Waals surface area contributed by atoms with E-state index in [1.807, 2.05) is 0 Å². The number of benzene rings is 1. The van der Waals surface area contributed by atoms with E-state index in [4.69, 9.17) is 28.9 Å². The molecule has 0 heterocycles. The molecule has 0 radical (unpaired) electrons. The molecule has 0 saturated heterocycles. The molecule has 16 heavy (non-hydrogen) atoms. The maximum atomic E-state index is 5.97. The molecule has 1 aliphatic carbocycles. The van der Waals surface area contributed by atoms with Crippen LogP contribution in [0.2, 0.25) is 10.0 Å².